The van der Waals surface area contributed by atoms with Crippen LogP contribution >= 0.6 is 11.6 Å². The Bertz CT molecular complexity index is 273. The van der Waals surface area contributed by atoms with E-state index < -0.39 is 5.60 Å². The summed E-state index contributed by atoms with van der Waals surface area (Å²) in [5.41, 5.74) is 0.489. The van der Waals surface area contributed by atoms with Gasteiger partial charge in [-0.1, -0.05) is 23.7 Å². The second-order valence-electron chi connectivity index (χ2n) is 3.14. The Morgan fingerprint density at radius 3 is 2.58 bits per heavy atom. The Kier molecular flexibility index (Phi) is 2.73. The van der Waals surface area contributed by atoms with Crippen LogP contribution in [0.25, 0.3) is 0 Å². The summed E-state index contributed by atoms with van der Waals surface area (Å²) in [5.74, 6) is 5.15. The van der Waals surface area contributed by atoms with Crippen LogP contribution in [0, 0.1) is 0 Å². The minimum atomic E-state index is -0.481. The molecule has 0 spiro atoms. The number of benzene rings is 1. The zero-order chi connectivity index (χ0) is 9.19. The van der Waals surface area contributed by atoms with Gasteiger partial charge in [0, 0.05) is 5.02 Å². The lowest BCUT2D eigenvalue weighted by Crippen LogP contribution is -2.25. The smallest absolute Gasteiger partial charge is 0.109 e. The van der Waals surface area contributed by atoms with Gasteiger partial charge in [-0.05, 0) is 31.5 Å². The summed E-state index contributed by atoms with van der Waals surface area (Å²) >= 11 is 5.81. The molecule has 0 atom stereocenters. The van der Waals surface area contributed by atoms with Crippen molar-refractivity contribution in [2.24, 2.45) is 5.90 Å². The molecule has 1 rings (SSSR count). The van der Waals surface area contributed by atoms with E-state index in [0.29, 0.717) is 5.02 Å². The second kappa shape index (κ2) is 3.44. The summed E-state index contributed by atoms with van der Waals surface area (Å²) < 4.78 is 0. The Hall–Kier alpha value is -0.570. The van der Waals surface area contributed by atoms with Crippen LogP contribution in [0.1, 0.15) is 19.4 Å². The summed E-state index contributed by atoms with van der Waals surface area (Å²) in [6.45, 7) is 3.78. The maximum Gasteiger partial charge on any atom is 0.109 e. The molecule has 0 unspecified atom stereocenters. The molecule has 1 aromatic carbocycles. The van der Waals surface area contributed by atoms with Crippen molar-refractivity contribution in [3.8, 4) is 0 Å². The van der Waals surface area contributed by atoms with Gasteiger partial charge in [-0.15, -0.1) is 0 Å². The average molecular weight is 186 g/mol. The molecule has 66 valence electrons. The third-order valence-corrected chi connectivity index (χ3v) is 2.05. The van der Waals surface area contributed by atoms with Crippen molar-refractivity contribution in [1.29, 1.82) is 0 Å². The van der Waals surface area contributed by atoms with Crippen molar-refractivity contribution in [2.45, 2.75) is 19.4 Å². The summed E-state index contributed by atoms with van der Waals surface area (Å²) in [4.78, 5) is 4.82. The molecule has 0 bridgehead atoms. The van der Waals surface area contributed by atoms with Crippen LogP contribution in [0.5, 0.6) is 0 Å². The Labute approximate surface area is 77.2 Å². The molecule has 0 saturated carbocycles. The number of nitrogens with two attached hydrogens (primary N) is 1. The quantitative estimate of drug-likeness (QED) is 0.719. The summed E-state index contributed by atoms with van der Waals surface area (Å²) in [6, 6.07) is 7.46. The highest BCUT2D eigenvalue weighted by atomic mass is 35.5. The first-order valence-corrected chi connectivity index (χ1v) is 4.08. The van der Waals surface area contributed by atoms with Crippen LogP contribution in [0.4, 0.5) is 0 Å². The second-order valence-corrected chi connectivity index (χ2v) is 3.57. The van der Waals surface area contributed by atoms with Crippen molar-refractivity contribution in [3.63, 3.8) is 0 Å². The van der Waals surface area contributed by atoms with E-state index in [1.807, 2.05) is 38.1 Å². The van der Waals surface area contributed by atoms with E-state index in [0.717, 1.165) is 5.56 Å². The highest BCUT2D eigenvalue weighted by Crippen LogP contribution is 2.24. The normalized spacial score (nSPS) is 11.7. The number of rotatable bonds is 2. The van der Waals surface area contributed by atoms with Crippen molar-refractivity contribution < 1.29 is 4.84 Å². The Morgan fingerprint density at radius 1 is 1.42 bits per heavy atom. The first-order chi connectivity index (χ1) is 5.56. The predicted molar refractivity (Wildman–Crippen MR) is 49.8 cm³/mol. The first-order valence-electron chi connectivity index (χ1n) is 3.70. The van der Waals surface area contributed by atoms with E-state index in [9.17, 15) is 0 Å². The highest BCUT2D eigenvalue weighted by Gasteiger charge is 2.19. The van der Waals surface area contributed by atoms with Crippen molar-refractivity contribution in [1.82, 2.24) is 0 Å². The minimum absolute atomic E-state index is 0.481. The number of hydrogen-bond acceptors (Lipinski definition) is 2. The van der Waals surface area contributed by atoms with Crippen molar-refractivity contribution >= 4 is 11.6 Å². The average Bonchev–Trinajstić information content (AvgIpc) is 2.05. The molecule has 0 amide bonds. The van der Waals surface area contributed by atoms with Crippen LogP contribution in [0.2, 0.25) is 5.02 Å². The zero-order valence-corrected chi connectivity index (χ0v) is 7.93. The Morgan fingerprint density at radius 2 is 2.08 bits per heavy atom. The summed E-state index contributed by atoms with van der Waals surface area (Å²) in [5, 5.41) is 0.692. The molecule has 0 heterocycles. The van der Waals surface area contributed by atoms with Gasteiger partial charge < -0.3 is 0 Å². The third kappa shape index (κ3) is 1.97. The summed E-state index contributed by atoms with van der Waals surface area (Å²) in [7, 11) is 0. The van der Waals surface area contributed by atoms with Gasteiger partial charge in [0.2, 0.25) is 0 Å². The van der Waals surface area contributed by atoms with Gasteiger partial charge in [-0.25, -0.2) is 5.90 Å². The van der Waals surface area contributed by atoms with Gasteiger partial charge in [0.1, 0.15) is 5.60 Å². The molecular formula is C9H12ClNO. The van der Waals surface area contributed by atoms with Crippen molar-refractivity contribution in [2.75, 3.05) is 0 Å². The SMILES string of the molecule is CC(C)(ON)c1cccc(Cl)c1. The molecular weight excluding hydrogens is 174 g/mol. The topological polar surface area (TPSA) is 35.2 Å². The summed E-state index contributed by atoms with van der Waals surface area (Å²) in [6.07, 6.45) is 0. The fraction of sp³-hybridized carbons (Fsp3) is 0.333. The molecule has 0 aliphatic carbocycles. The number of halogens is 1. The van der Waals surface area contributed by atoms with Crippen molar-refractivity contribution in [3.05, 3.63) is 34.9 Å². The maximum atomic E-state index is 5.81. The van der Waals surface area contributed by atoms with Gasteiger partial charge in [0.05, 0.1) is 0 Å². The minimum Gasteiger partial charge on any atom is -0.294 e. The molecule has 2 N–H and O–H groups in total. The van der Waals surface area contributed by atoms with E-state index >= 15 is 0 Å². The van der Waals surface area contributed by atoms with E-state index in [1.165, 1.54) is 0 Å². The fourth-order valence-corrected chi connectivity index (χ4v) is 1.12. The van der Waals surface area contributed by atoms with Crippen LogP contribution in [-0.2, 0) is 10.4 Å². The lowest BCUT2D eigenvalue weighted by molar-refractivity contribution is -0.0236. The molecule has 0 fully saturated rings. The monoisotopic (exact) mass is 185 g/mol. The van der Waals surface area contributed by atoms with E-state index in [-0.39, 0.29) is 0 Å². The number of hydrogen-bond donors (Lipinski definition) is 1. The van der Waals surface area contributed by atoms with Gasteiger partial charge >= 0.3 is 0 Å². The molecule has 1 aromatic rings. The molecule has 0 aliphatic rings. The molecule has 3 heteroatoms. The predicted octanol–water partition coefficient (Wildman–Crippen LogP) is 2.47. The Balaban J connectivity index is 3.03. The zero-order valence-electron chi connectivity index (χ0n) is 7.17. The van der Waals surface area contributed by atoms with Crippen LogP contribution in [-0.4, -0.2) is 0 Å². The van der Waals surface area contributed by atoms with Gasteiger partial charge in [0.15, 0.2) is 0 Å². The van der Waals surface area contributed by atoms with E-state index in [2.05, 4.69) is 0 Å². The highest BCUT2D eigenvalue weighted by molar-refractivity contribution is 6.30. The largest absolute Gasteiger partial charge is 0.294 e. The molecule has 0 aliphatic heterocycles. The van der Waals surface area contributed by atoms with Crippen LogP contribution in [0.3, 0.4) is 0 Å². The van der Waals surface area contributed by atoms with E-state index in [4.69, 9.17) is 22.3 Å². The molecule has 12 heavy (non-hydrogen) atoms. The maximum absolute atomic E-state index is 5.81. The van der Waals surface area contributed by atoms with Gasteiger partial charge in [-0.2, -0.15) is 0 Å². The van der Waals surface area contributed by atoms with Gasteiger partial charge in [-0.3, -0.25) is 4.84 Å². The molecule has 0 aromatic heterocycles. The lowest BCUT2D eigenvalue weighted by atomic mass is 9.99. The molecule has 2 nitrogen and oxygen atoms in total. The molecule has 0 radical (unpaired) electrons. The molecule has 0 saturated heterocycles. The standard InChI is InChI=1S/C9H12ClNO/c1-9(2,12-11)7-4-3-5-8(10)6-7/h3-6H,11H2,1-2H3. The lowest BCUT2D eigenvalue weighted by Gasteiger charge is -2.22. The van der Waals surface area contributed by atoms with Gasteiger partial charge in [0.25, 0.3) is 0 Å². The van der Waals surface area contributed by atoms with Crippen LogP contribution < -0.4 is 5.90 Å². The van der Waals surface area contributed by atoms with E-state index in [1.54, 1.807) is 0 Å². The third-order valence-electron chi connectivity index (χ3n) is 1.81. The fourth-order valence-electron chi connectivity index (χ4n) is 0.931. The first kappa shape index (κ1) is 9.52. The van der Waals surface area contributed by atoms with Crippen LogP contribution in [0.15, 0.2) is 24.3 Å².